The monoisotopic (exact) mass is 281 g/mol. The van der Waals surface area contributed by atoms with Gasteiger partial charge in [-0.2, -0.15) is 0 Å². The molecular formula is C14H20ClN3O. The maximum absolute atomic E-state index is 12.0. The quantitative estimate of drug-likeness (QED) is 0.867. The number of amides is 1. The third kappa shape index (κ3) is 4.18. The van der Waals surface area contributed by atoms with Crippen LogP contribution in [-0.4, -0.2) is 35.4 Å². The lowest BCUT2D eigenvalue weighted by Crippen LogP contribution is -2.42. The summed E-state index contributed by atoms with van der Waals surface area (Å²) in [7, 11) is 0. The van der Waals surface area contributed by atoms with E-state index in [1.165, 1.54) is 6.42 Å². The molecule has 0 aromatic carbocycles. The number of anilines is 1. The van der Waals surface area contributed by atoms with Gasteiger partial charge in [0.2, 0.25) is 5.91 Å². The summed E-state index contributed by atoms with van der Waals surface area (Å²) >= 11 is 5.92. The number of carbonyl (C=O) groups excluding carboxylic acids is 1. The minimum atomic E-state index is -0.0313. The highest BCUT2D eigenvalue weighted by atomic mass is 35.5. The minimum Gasteiger partial charge on any atom is -0.322 e. The summed E-state index contributed by atoms with van der Waals surface area (Å²) in [5.74, 6) is 1.27. The SMILES string of the molecule is C[C@H]1C[C@H](C)CN(CC(=O)Nc2cccnc2Cl)C1. The lowest BCUT2D eigenvalue weighted by Gasteiger charge is -2.34. The first-order chi connectivity index (χ1) is 9.04. The molecule has 2 atom stereocenters. The normalized spacial score (nSPS) is 24.2. The van der Waals surface area contributed by atoms with Crippen molar-refractivity contribution in [1.82, 2.24) is 9.88 Å². The second-order valence-corrected chi connectivity index (χ2v) is 5.89. The number of carbonyl (C=O) groups is 1. The van der Waals surface area contributed by atoms with Crippen LogP contribution in [0, 0.1) is 11.8 Å². The largest absolute Gasteiger partial charge is 0.322 e. The molecule has 0 unspecified atom stereocenters. The molecule has 0 aliphatic carbocycles. The molecule has 0 saturated carbocycles. The Bertz CT molecular complexity index is 442. The average Bonchev–Trinajstić information content (AvgIpc) is 2.30. The van der Waals surface area contributed by atoms with Crippen molar-refractivity contribution in [3.63, 3.8) is 0 Å². The van der Waals surface area contributed by atoms with E-state index in [1.54, 1.807) is 18.3 Å². The van der Waals surface area contributed by atoms with Gasteiger partial charge >= 0.3 is 0 Å². The van der Waals surface area contributed by atoms with Crippen LogP contribution in [0.15, 0.2) is 18.3 Å². The van der Waals surface area contributed by atoms with Crippen LogP contribution in [0.5, 0.6) is 0 Å². The van der Waals surface area contributed by atoms with Crippen molar-refractivity contribution < 1.29 is 4.79 Å². The molecule has 1 saturated heterocycles. The first kappa shape index (κ1) is 14.3. The van der Waals surface area contributed by atoms with Crippen LogP contribution in [0.3, 0.4) is 0 Å². The molecule has 0 spiro atoms. The number of hydrogen-bond acceptors (Lipinski definition) is 3. The highest BCUT2D eigenvalue weighted by molar-refractivity contribution is 6.32. The van der Waals surface area contributed by atoms with Crippen molar-refractivity contribution in [3.05, 3.63) is 23.5 Å². The Hall–Kier alpha value is -1.13. The summed E-state index contributed by atoms with van der Waals surface area (Å²) in [5, 5.41) is 3.14. The van der Waals surface area contributed by atoms with E-state index in [4.69, 9.17) is 11.6 Å². The highest BCUT2D eigenvalue weighted by Crippen LogP contribution is 2.21. The zero-order valence-electron chi connectivity index (χ0n) is 11.4. The molecule has 1 fully saturated rings. The number of halogens is 1. The van der Waals surface area contributed by atoms with Gasteiger partial charge in [0.05, 0.1) is 12.2 Å². The summed E-state index contributed by atoms with van der Waals surface area (Å²) < 4.78 is 0. The van der Waals surface area contributed by atoms with Crippen LogP contribution in [0.1, 0.15) is 20.3 Å². The van der Waals surface area contributed by atoms with Gasteiger partial charge in [0.15, 0.2) is 5.15 Å². The van der Waals surface area contributed by atoms with Gasteiger partial charge in [-0.05, 0) is 30.4 Å². The number of nitrogens with one attached hydrogen (secondary N) is 1. The summed E-state index contributed by atoms with van der Waals surface area (Å²) in [6, 6.07) is 3.52. The molecule has 1 aliphatic heterocycles. The zero-order valence-corrected chi connectivity index (χ0v) is 12.2. The molecule has 1 aliphatic rings. The smallest absolute Gasteiger partial charge is 0.238 e. The Morgan fingerprint density at radius 1 is 1.47 bits per heavy atom. The molecule has 2 heterocycles. The Morgan fingerprint density at radius 2 is 2.16 bits per heavy atom. The Morgan fingerprint density at radius 3 is 2.79 bits per heavy atom. The Kier molecular flexibility index (Phi) is 4.77. The van der Waals surface area contributed by atoms with Crippen LogP contribution >= 0.6 is 11.6 Å². The molecule has 0 bridgehead atoms. The van der Waals surface area contributed by atoms with Crippen molar-refractivity contribution in [3.8, 4) is 0 Å². The molecule has 1 N–H and O–H groups in total. The summed E-state index contributed by atoms with van der Waals surface area (Å²) in [6.07, 6.45) is 2.85. The molecule has 5 heteroatoms. The van der Waals surface area contributed by atoms with Gasteiger partial charge in [0.1, 0.15) is 0 Å². The van der Waals surface area contributed by atoms with E-state index in [1.807, 2.05) is 0 Å². The van der Waals surface area contributed by atoms with Gasteiger partial charge in [-0.15, -0.1) is 0 Å². The molecule has 1 aromatic rings. The van der Waals surface area contributed by atoms with Crippen LogP contribution in [-0.2, 0) is 4.79 Å². The van der Waals surface area contributed by atoms with Crippen molar-refractivity contribution >= 4 is 23.2 Å². The zero-order chi connectivity index (χ0) is 13.8. The number of piperidine rings is 1. The second-order valence-electron chi connectivity index (χ2n) is 5.53. The van der Waals surface area contributed by atoms with Gasteiger partial charge in [0.25, 0.3) is 0 Å². The first-order valence-electron chi connectivity index (χ1n) is 6.67. The predicted molar refractivity (Wildman–Crippen MR) is 77.3 cm³/mol. The van der Waals surface area contributed by atoms with E-state index < -0.39 is 0 Å². The molecule has 1 aromatic heterocycles. The molecule has 19 heavy (non-hydrogen) atoms. The standard InChI is InChI=1S/C14H20ClN3O/c1-10-6-11(2)8-18(7-10)9-13(19)17-12-4-3-5-16-14(12)15/h3-5,10-11H,6-9H2,1-2H3,(H,17,19)/t10-,11-/m0/s1. The second kappa shape index (κ2) is 6.35. The van der Waals surface area contributed by atoms with E-state index in [2.05, 4.69) is 29.0 Å². The van der Waals surface area contributed by atoms with E-state index in [0.29, 0.717) is 29.2 Å². The van der Waals surface area contributed by atoms with E-state index in [-0.39, 0.29) is 5.91 Å². The van der Waals surface area contributed by atoms with Crippen LogP contribution in [0.25, 0.3) is 0 Å². The maximum atomic E-state index is 12.0. The molecule has 104 valence electrons. The number of rotatable bonds is 3. The van der Waals surface area contributed by atoms with Crippen LogP contribution in [0.2, 0.25) is 5.15 Å². The molecular weight excluding hydrogens is 262 g/mol. The van der Waals surface area contributed by atoms with Crippen molar-refractivity contribution in [2.45, 2.75) is 20.3 Å². The van der Waals surface area contributed by atoms with Crippen molar-refractivity contribution in [2.24, 2.45) is 11.8 Å². The van der Waals surface area contributed by atoms with E-state index >= 15 is 0 Å². The molecule has 0 radical (unpaired) electrons. The van der Waals surface area contributed by atoms with Crippen molar-refractivity contribution in [2.75, 3.05) is 25.0 Å². The molecule has 2 rings (SSSR count). The van der Waals surface area contributed by atoms with Crippen LogP contribution in [0.4, 0.5) is 5.69 Å². The Labute approximate surface area is 119 Å². The third-order valence-electron chi connectivity index (χ3n) is 3.34. The first-order valence-corrected chi connectivity index (χ1v) is 7.05. The fraction of sp³-hybridized carbons (Fsp3) is 0.571. The summed E-state index contributed by atoms with van der Waals surface area (Å²) in [6.45, 7) is 6.86. The number of hydrogen-bond donors (Lipinski definition) is 1. The number of aromatic nitrogens is 1. The Balaban J connectivity index is 1.89. The number of nitrogens with zero attached hydrogens (tertiary/aromatic N) is 2. The topological polar surface area (TPSA) is 45.2 Å². The maximum Gasteiger partial charge on any atom is 0.238 e. The fourth-order valence-corrected chi connectivity index (χ4v) is 2.96. The van der Waals surface area contributed by atoms with E-state index in [0.717, 1.165) is 13.1 Å². The number of pyridine rings is 1. The van der Waals surface area contributed by atoms with Crippen molar-refractivity contribution in [1.29, 1.82) is 0 Å². The third-order valence-corrected chi connectivity index (χ3v) is 3.65. The van der Waals surface area contributed by atoms with Crippen LogP contribution < -0.4 is 5.32 Å². The van der Waals surface area contributed by atoms with Gasteiger partial charge in [-0.25, -0.2) is 4.98 Å². The molecule has 4 nitrogen and oxygen atoms in total. The van der Waals surface area contributed by atoms with Gasteiger partial charge in [-0.3, -0.25) is 9.69 Å². The van der Waals surface area contributed by atoms with Gasteiger partial charge < -0.3 is 5.32 Å². The highest BCUT2D eigenvalue weighted by Gasteiger charge is 2.23. The lowest BCUT2D eigenvalue weighted by molar-refractivity contribution is -0.117. The fourth-order valence-electron chi connectivity index (χ4n) is 2.79. The summed E-state index contributed by atoms with van der Waals surface area (Å²) in [5.41, 5.74) is 0.576. The van der Waals surface area contributed by atoms with Gasteiger partial charge in [-0.1, -0.05) is 25.4 Å². The van der Waals surface area contributed by atoms with E-state index in [9.17, 15) is 4.79 Å². The minimum absolute atomic E-state index is 0.0313. The van der Waals surface area contributed by atoms with Gasteiger partial charge in [0, 0.05) is 19.3 Å². The lowest BCUT2D eigenvalue weighted by atomic mass is 9.92. The predicted octanol–water partition coefficient (Wildman–Crippen LogP) is 2.65. The summed E-state index contributed by atoms with van der Waals surface area (Å²) in [4.78, 5) is 18.2. The molecule has 1 amide bonds. The average molecular weight is 282 g/mol. The number of likely N-dealkylation sites (tertiary alicyclic amines) is 1.